The van der Waals surface area contributed by atoms with E-state index in [0.717, 1.165) is 5.56 Å². The zero-order chi connectivity index (χ0) is 20.6. The molecule has 0 spiro atoms. The van der Waals surface area contributed by atoms with Crippen molar-refractivity contribution >= 4 is 17.8 Å². The number of nitrogens with zero attached hydrogens (tertiary/aromatic N) is 3. The van der Waals surface area contributed by atoms with Crippen LogP contribution in [0.3, 0.4) is 0 Å². The lowest BCUT2D eigenvalue weighted by molar-refractivity contribution is 0.107. The lowest BCUT2D eigenvalue weighted by atomic mass is 10.2. The lowest BCUT2D eigenvalue weighted by Crippen LogP contribution is -2.05. The summed E-state index contributed by atoms with van der Waals surface area (Å²) in [5, 5.41) is 8.40. The number of aromatic nitrogens is 2. The van der Waals surface area contributed by atoms with Crippen molar-refractivity contribution in [2.45, 2.75) is 20.5 Å². The number of methoxy groups -OCH3 is 1. The van der Waals surface area contributed by atoms with Crippen molar-refractivity contribution in [2.75, 3.05) is 13.7 Å². The van der Waals surface area contributed by atoms with Crippen molar-refractivity contribution in [3.63, 3.8) is 0 Å². The van der Waals surface area contributed by atoms with Gasteiger partial charge < -0.3 is 18.8 Å². The molecule has 0 saturated heterocycles. The first-order valence-corrected chi connectivity index (χ1v) is 9.48. The Labute approximate surface area is 174 Å². The molecule has 0 aliphatic heterocycles. The van der Waals surface area contributed by atoms with E-state index in [0.29, 0.717) is 46.3 Å². The molecule has 7 nitrogen and oxygen atoms in total. The van der Waals surface area contributed by atoms with Gasteiger partial charge in [0.1, 0.15) is 0 Å². The summed E-state index contributed by atoms with van der Waals surface area (Å²) >= 11 is 6.14. The van der Waals surface area contributed by atoms with Crippen LogP contribution in [-0.4, -0.2) is 30.1 Å². The highest BCUT2D eigenvalue weighted by molar-refractivity contribution is 6.33. The monoisotopic (exact) mass is 415 g/mol. The molecule has 1 heterocycles. The molecule has 1 aromatic heterocycles. The maximum Gasteiger partial charge on any atom is 0.267 e. The minimum atomic E-state index is 0.0423. The Bertz CT molecular complexity index is 972. The zero-order valence-corrected chi connectivity index (χ0v) is 17.2. The van der Waals surface area contributed by atoms with Crippen LogP contribution in [0.25, 0.3) is 11.4 Å². The Kier molecular flexibility index (Phi) is 7.08. The molecule has 3 rings (SSSR count). The minimum absolute atomic E-state index is 0.0423. The minimum Gasteiger partial charge on any atom is -0.493 e. The highest BCUT2D eigenvalue weighted by Crippen LogP contribution is 2.28. The van der Waals surface area contributed by atoms with Crippen molar-refractivity contribution in [1.29, 1.82) is 0 Å². The Balaban J connectivity index is 1.57. The fraction of sp³-hybridized carbons (Fsp3) is 0.286. The van der Waals surface area contributed by atoms with Crippen LogP contribution in [0.2, 0.25) is 5.02 Å². The standard InChI is InChI=1S/C21H22ClN3O4/c1-14(2)12-27-18-9-8-15(10-19(18)26-3)11-23-28-13-20-24-21(25-29-20)16-6-4-5-7-17(16)22/h4-11,14H,12-13H2,1-3H3/b23-11-. The quantitative estimate of drug-likeness (QED) is 0.362. The summed E-state index contributed by atoms with van der Waals surface area (Å²) in [6.07, 6.45) is 1.57. The lowest BCUT2D eigenvalue weighted by Gasteiger charge is -2.12. The summed E-state index contributed by atoms with van der Waals surface area (Å²) in [7, 11) is 1.60. The van der Waals surface area contributed by atoms with Crippen LogP contribution in [0.15, 0.2) is 52.1 Å². The van der Waals surface area contributed by atoms with Crippen molar-refractivity contribution in [3.8, 4) is 22.9 Å². The average molecular weight is 416 g/mol. The van der Waals surface area contributed by atoms with E-state index in [-0.39, 0.29) is 6.61 Å². The Morgan fingerprint density at radius 3 is 2.76 bits per heavy atom. The molecule has 3 aromatic rings. The molecule has 152 valence electrons. The van der Waals surface area contributed by atoms with Crippen molar-refractivity contribution in [2.24, 2.45) is 11.1 Å². The summed E-state index contributed by atoms with van der Waals surface area (Å²) in [6.45, 7) is 4.84. The van der Waals surface area contributed by atoms with E-state index in [4.69, 9.17) is 30.4 Å². The maximum atomic E-state index is 6.14. The molecular weight excluding hydrogens is 394 g/mol. The van der Waals surface area contributed by atoms with Crippen molar-refractivity contribution in [1.82, 2.24) is 10.1 Å². The first-order valence-electron chi connectivity index (χ1n) is 9.10. The van der Waals surface area contributed by atoms with Crippen LogP contribution in [0.4, 0.5) is 0 Å². The van der Waals surface area contributed by atoms with Gasteiger partial charge in [-0.15, -0.1) is 0 Å². The smallest absolute Gasteiger partial charge is 0.267 e. The van der Waals surface area contributed by atoms with Crippen LogP contribution in [0, 0.1) is 5.92 Å². The van der Waals surface area contributed by atoms with Gasteiger partial charge in [-0.3, -0.25) is 0 Å². The molecule has 0 N–H and O–H groups in total. The van der Waals surface area contributed by atoms with Crippen LogP contribution in [0.1, 0.15) is 25.3 Å². The van der Waals surface area contributed by atoms with Gasteiger partial charge in [0.15, 0.2) is 18.1 Å². The number of hydrogen-bond acceptors (Lipinski definition) is 7. The predicted molar refractivity (Wildman–Crippen MR) is 110 cm³/mol. The summed E-state index contributed by atoms with van der Waals surface area (Å²) < 4.78 is 16.3. The second-order valence-electron chi connectivity index (χ2n) is 6.61. The SMILES string of the molecule is COc1cc(/C=N\OCc2nc(-c3ccccc3Cl)no2)ccc1OCC(C)C. The molecule has 0 saturated carbocycles. The van der Waals surface area contributed by atoms with Gasteiger partial charge in [0.2, 0.25) is 5.82 Å². The van der Waals surface area contributed by atoms with E-state index in [1.165, 1.54) is 0 Å². The number of ether oxygens (including phenoxy) is 2. The number of benzene rings is 2. The molecule has 29 heavy (non-hydrogen) atoms. The number of rotatable bonds is 9. The third kappa shape index (κ3) is 5.71. The summed E-state index contributed by atoms with van der Waals surface area (Å²) in [5.74, 6) is 2.46. The first-order chi connectivity index (χ1) is 14.1. The van der Waals surface area contributed by atoms with E-state index in [1.54, 1.807) is 19.4 Å². The number of halogens is 1. The molecule has 0 atom stereocenters. The number of oxime groups is 1. The Morgan fingerprint density at radius 2 is 2.00 bits per heavy atom. The van der Waals surface area contributed by atoms with Crippen LogP contribution in [0.5, 0.6) is 11.5 Å². The van der Waals surface area contributed by atoms with E-state index in [9.17, 15) is 0 Å². The first kappa shape index (κ1) is 20.7. The van der Waals surface area contributed by atoms with E-state index in [1.807, 2.05) is 36.4 Å². The average Bonchev–Trinajstić information content (AvgIpc) is 3.19. The van der Waals surface area contributed by atoms with E-state index < -0.39 is 0 Å². The second kappa shape index (κ2) is 9.93. The zero-order valence-electron chi connectivity index (χ0n) is 16.5. The van der Waals surface area contributed by atoms with Gasteiger partial charge in [-0.1, -0.05) is 47.9 Å². The topological polar surface area (TPSA) is 79.0 Å². The van der Waals surface area contributed by atoms with Crippen molar-refractivity contribution < 1.29 is 18.8 Å². The molecule has 0 amide bonds. The Hall–Kier alpha value is -3.06. The van der Waals surface area contributed by atoms with Gasteiger partial charge in [0, 0.05) is 11.1 Å². The summed E-state index contributed by atoms with van der Waals surface area (Å²) in [6, 6.07) is 12.8. The fourth-order valence-electron chi connectivity index (χ4n) is 2.40. The summed E-state index contributed by atoms with van der Waals surface area (Å²) in [5.41, 5.74) is 1.50. The maximum absolute atomic E-state index is 6.14. The third-order valence-corrected chi connectivity index (χ3v) is 4.14. The molecule has 8 heteroatoms. The van der Waals surface area contributed by atoms with Gasteiger partial charge in [-0.2, -0.15) is 4.98 Å². The molecule has 0 radical (unpaired) electrons. The summed E-state index contributed by atoms with van der Waals surface area (Å²) in [4.78, 5) is 9.52. The highest BCUT2D eigenvalue weighted by Gasteiger charge is 2.11. The molecule has 0 aliphatic rings. The van der Waals surface area contributed by atoms with E-state index in [2.05, 4.69) is 29.1 Å². The van der Waals surface area contributed by atoms with Crippen molar-refractivity contribution in [3.05, 3.63) is 58.9 Å². The van der Waals surface area contributed by atoms with Gasteiger partial charge in [-0.25, -0.2) is 0 Å². The highest BCUT2D eigenvalue weighted by atomic mass is 35.5. The van der Waals surface area contributed by atoms with E-state index >= 15 is 0 Å². The molecule has 2 aromatic carbocycles. The van der Waals surface area contributed by atoms with Crippen LogP contribution < -0.4 is 9.47 Å². The largest absolute Gasteiger partial charge is 0.493 e. The molecular formula is C21H22ClN3O4. The van der Waals surface area contributed by atoms with Gasteiger partial charge >= 0.3 is 0 Å². The molecule has 0 fully saturated rings. The normalized spacial score (nSPS) is 11.2. The predicted octanol–water partition coefficient (Wildman–Crippen LogP) is 4.98. The second-order valence-corrected chi connectivity index (χ2v) is 7.02. The van der Waals surface area contributed by atoms with Gasteiger partial charge in [0.05, 0.1) is 25.0 Å². The van der Waals surface area contributed by atoms with Gasteiger partial charge in [0.25, 0.3) is 5.89 Å². The number of hydrogen-bond donors (Lipinski definition) is 0. The van der Waals surface area contributed by atoms with Gasteiger partial charge in [-0.05, 0) is 36.2 Å². The molecule has 0 unspecified atom stereocenters. The third-order valence-electron chi connectivity index (χ3n) is 3.81. The fourth-order valence-corrected chi connectivity index (χ4v) is 2.62. The molecule has 0 bridgehead atoms. The van der Waals surface area contributed by atoms with Crippen LogP contribution >= 0.6 is 11.6 Å². The molecule has 0 aliphatic carbocycles. The Morgan fingerprint density at radius 1 is 1.17 bits per heavy atom. The van der Waals surface area contributed by atoms with Crippen LogP contribution in [-0.2, 0) is 11.4 Å².